The average Bonchev–Trinajstić information content (AvgIpc) is 2.87. The largest absolute Gasteiger partial charge is 0.507 e. The second kappa shape index (κ2) is 5.39. The van der Waals surface area contributed by atoms with Gasteiger partial charge in [-0.15, -0.1) is 5.10 Å². The van der Waals surface area contributed by atoms with Gasteiger partial charge in [-0.25, -0.2) is 9.78 Å². The van der Waals surface area contributed by atoms with E-state index in [-0.39, 0.29) is 17.1 Å². The highest BCUT2D eigenvalue weighted by Crippen LogP contribution is 2.22. The normalized spacial score (nSPS) is 10.2. The molecule has 0 bridgehead atoms. The first-order valence-corrected chi connectivity index (χ1v) is 5.80. The van der Waals surface area contributed by atoms with Crippen molar-refractivity contribution in [2.24, 2.45) is 0 Å². The van der Waals surface area contributed by atoms with Crippen LogP contribution in [0.5, 0.6) is 5.75 Å². The van der Waals surface area contributed by atoms with Gasteiger partial charge in [-0.05, 0) is 12.1 Å². The number of nitrogens with zero attached hydrogens (tertiary/aromatic N) is 2. The van der Waals surface area contributed by atoms with E-state index in [2.05, 4.69) is 20.5 Å². The third-order valence-electron chi connectivity index (χ3n) is 2.56. The number of anilines is 1. The van der Waals surface area contributed by atoms with Crippen molar-refractivity contribution >= 4 is 17.6 Å². The lowest BCUT2D eigenvalue weighted by Gasteiger charge is -2.05. The Morgan fingerprint density at radius 2 is 2.15 bits per heavy atom. The van der Waals surface area contributed by atoms with Gasteiger partial charge >= 0.3 is 5.97 Å². The van der Waals surface area contributed by atoms with E-state index in [0.717, 1.165) is 6.07 Å². The van der Waals surface area contributed by atoms with Crippen LogP contribution in [-0.2, 0) is 6.42 Å². The van der Waals surface area contributed by atoms with Crippen LogP contribution in [0.4, 0.5) is 5.69 Å². The van der Waals surface area contributed by atoms with Gasteiger partial charge in [-0.1, -0.05) is 6.92 Å². The van der Waals surface area contributed by atoms with Crippen LogP contribution < -0.4 is 5.32 Å². The fourth-order valence-corrected chi connectivity index (χ4v) is 1.53. The number of aromatic nitrogens is 3. The first-order chi connectivity index (χ1) is 9.51. The molecule has 2 rings (SSSR count). The van der Waals surface area contributed by atoms with E-state index in [4.69, 9.17) is 5.11 Å². The van der Waals surface area contributed by atoms with E-state index >= 15 is 0 Å². The van der Waals surface area contributed by atoms with Gasteiger partial charge in [-0.3, -0.25) is 9.89 Å². The maximum absolute atomic E-state index is 11.8. The summed E-state index contributed by atoms with van der Waals surface area (Å²) in [5.41, 5.74) is 0.00881. The van der Waals surface area contributed by atoms with Crippen molar-refractivity contribution in [2.45, 2.75) is 13.3 Å². The van der Waals surface area contributed by atoms with Gasteiger partial charge in [0.15, 0.2) is 0 Å². The number of rotatable bonds is 4. The van der Waals surface area contributed by atoms with Crippen LogP contribution in [0.3, 0.4) is 0 Å². The lowest BCUT2D eigenvalue weighted by atomic mass is 10.2. The number of benzene rings is 1. The summed E-state index contributed by atoms with van der Waals surface area (Å²) in [6.07, 6.45) is 0.619. The smallest absolute Gasteiger partial charge is 0.339 e. The summed E-state index contributed by atoms with van der Waals surface area (Å²) >= 11 is 0. The number of nitrogens with one attached hydrogen (secondary N) is 2. The van der Waals surface area contributed by atoms with Crippen LogP contribution in [0, 0.1) is 0 Å². The third kappa shape index (κ3) is 2.74. The lowest BCUT2D eigenvalue weighted by Crippen LogP contribution is -2.14. The van der Waals surface area contributed by atoms with Gasteiger partial charge < -0.3 is 15.5 Å². The number of H-pyrrole nitrogens is 1. The number of aromatic hydroxyl groups is 1. The molecule has 0 saturated carbocycles. The zero-order valence-electron chi connectivity index (χ0n) is 10.5. The molecule has 104 valence electrons. The van der Waals surface area contributed by atoms with Gasteiger partial charge in [0.25, 0.3) is 5.91 Å². The van der Waals surface area contributed by atoms with Gasteiger partial charge in [0, 0.05) is 18.2 Å². The number of hydrogen-bond acceptors (Lipinski definition) is 5. The second-order valence-corrected chi connectivity index (χ2v) is 3.95. The first kappa shape index (κ1) is 13.5. The summed E-state index contributed by atoms with van der Waals surface area (Å²) < 4.78 is 0. The molecule has 0 spiro atoms. The van der Waals surface area contributed by atoms with Crippen molar-refractivity contribution in [3.63, 3.8) is 0 Å². The third-order valence-corrected chi connectivity index (χ3v) is 2.56. The second-order valence-electron chi connectivity index (χ2n) is 3.95. The maximum atomic E-state index is 11.8. The van der Waals surface area contributed by atoms with Crippen LogP contribution >= 0.6 is 0 Å². The molecule has 0 aliphatic rings. The fourth-order valence-electron chi connectivity index (χ4n) is 1.53. The average molecular weight is 276 g/mol. The van der Waals surface area contributed by atoms with Crippen LogP contribution in [0.1, 0.15) is 33.7 Å². The van der Waals surface area contributed by atoms with Crippen molar-refractivity contribution in [1.82, 2.24) is 15.2 Å². The number of aromatic amines is 1. The number of phenols is 1. The summed E-state index contributed by atoms with van der Waals surface area (Å²) in [6.45, 7) is 1.87. The van der Waals surface area contributed by atoms with Gasteiger partial charge in [0.1, 0.15) is 17.1 Å². The quantitative estimate of drug-likeness (QED) is 0.660. The molecule has 1 aromatic heterocycles. The number of carboxylic acids is 1. The molecular weight excluding hydrogens is 264 g/mol. The Labute approximate surface area is 113 Å². The van der Waals surface area contributed by atoms with E-state index in [1.807, 2.05) is 6.92 Å². The summed E-state index contributed by atoms with van der Waals surface area (Å²) in [6, 6.07) is 3.71. The predicted molar refractivity (Wildman–Crippen MR) is 68.8 cm³/mol. The highest BCUT2D eigenvalue weighted by atomic mass is 16.4. The Balaban J connectivity index is 2.15. The van der Waals surface area contributed by atoms with Crippen LogP contribution in [-0.4, -0.2) is 37.3 Å². The number of carbonyl (C=O) groups excluding carboxylic acids is 1. The van der Waals surface area contributed by atoms with E-state index in [9.17, 15) is 14.7 Å². The molecular formula is C12H12N4O4. The molecule has 0 aliphatic carbocycles. The van der Waals surface area contributed by atoms with Crippen molar-refractivity contribution in [3.05, 3.63) is 35.4 Å². The number of carboxylic acid groups (broad SMARTS) is 1. The number of aromatic carboxylic acids is 1. The van der Waals surface area contributed by atoms with Crippen molar-refractivity contribution in [2.75, 3.05) is 5.32 Å². The Morgan fingerprint density at radius 3 is 2.70 bits per heavy atom. The number of aryl methyl sites for hydroxylation is 1. The number of amides is 1. The molecule has 0 unspecified atom stereocenters. The molecule has 1 aromatic carbocycles. The van der Waals surface area contributed by atoms with Gasteiger partial charge in [0.05, 0.1) is 0 Å². The fraction of sp³-hybridized carbons (Fsp3) is 0.167. The molecule has 8 heteroatoms. The highest BCUT2D eigenvalue weighted by Gasteiger charge is 2.14. The summed E-state index contributed by atoms with van der Waals surface area (Å²) in [5.74, 6) is -1.67. The number of hydrogen-bond donors (Lipinski definition) is 4. The first-order valence-electron chi connectivity index (χ1n) is 5.80. The zero-order chi connectivity index (χ0) is 14.7. The SMILES string of the molecule is CCc1nc(C(=O)Nc2ccc(C(=O)O)c(O)c2)n[nH]1. The summed E-state index contributed by atoms with van der Waals surface area (Å²) in [7, 11) is 0. The molecule has 0 saturated heterocycles. The predicted octanol–water partition coefficient (Wildman–Crippen LogP) is 1.02. The minimum Gasteiger partial charge on any atom is -0.507 e. The van der Waals surface area contributed by atoms with E-state index in [0.29, 0.717) is 12.2 Å². The van der Waals surface area contributed by atoms with E-state index < -0.39 is 17.6 Å². The summed E-state index contributed by atoms with van der Waals surface area (Å²) in [4.78, 5) is 26.5. The maximum Gasteiger partial charge on any atom is 0.339 e. The molecule has 4 N–H and O–H groups in total. The lowest BCUT2D eigenvalue weighted by molar-refractivity contribution is 0.0693. The topological polar surface area (TPSA) is 128 Å². The number of carbonyl (C=O) groups is 2. The molecule has 20 heavy (non-hydrogen) atoms. The van der Waals surface area contributed by atoms with E-state index in [1.165, 1.54) is 12.1 Å². The molecule has 0 fully saturated rings. The zero-order valence-corrected chi connectivity index (χ0v) is 10.5. The van der Waals surface area contributed by atoms with Crippen molar-refractivity contribution in [3.8, 4) is 5.75 Å². The van der Waals surface area contributed by atoms with Gasteiger partial charge in [-0.2, -0.15) is 0 Å². The molecule has 1 amide bonds. The van der Waals surface area contributed by atoms with Gasteiger partial charge in [0.2, 0.25) is 5.82 Å². The van der Waals surface area contributed by atoms with Crippen LogP contribution in [0.2, 0.25) is 0 Å². The monoisotopic (exact) mass is 276 g/mol. The molecule has 2 aromatic rings. The molecule has 0 aliphatic heterocycles. The molecule has 8 nitrogen and oxygen atoms in total. The molecule has 1 heterocycles. The Kier molecular flexibility index (Phi) is 3.65. The minimum absolute atomic E-state index is 0.0244. The van der Waals surface area contributed by atoms with Crippen molar-refractivity contribution in [1.29, 1.82) is 0 Å². The Morgan fingerprint density at radius 1 is 1.40 bits per heavy atom. The Bertz CT molecular complexity index is 665. The Hall–Kier alpha value is -2.90. The summed E-state index contributed by atoms with van der Waals surface area (Å²) in [5, 5.41) is 27.1. The standard InChI is InChI=1S/C12H12N4O4/c1-2-9-14-10(16-15-9)11(18)13-6-3-4-7(12(19)20)8(17)5-6/h3-5,17H,2H2,1H3,(H,13,18)(H,19,20)(H,14,15,16). The van der Waals surface area contributed by atoms with Crippen molar-refractivity contribution < 1.29 is 19.8 Å². The highest BCUT2D eigenvalue weighted by molar-refractivity contribution is 6.02. The van der Waals surface area contributed by atoms with Crippen LogP contribution in [0.25, 0.3) is 0 Å². The molecule has 0 radical (unpaired) electrons. The minimum atomic E-state index is -1.25. The van der Waals surface area contributed by atoms with Crippen LogP contribution in [0.15, 0.2) is 18.2 Å². The van der Waals surface area contributed by atoms with E-state index in [1.54, 1.807) is 0 Å². The molecule has 0 atom stereocenters.